The average Bonchev–Trinajstić information content (AvgIpc) is 2.74. The Bertz CT molecular complexity index is 338. The minimum absolute atomic E-state index is 0.140. The number of aliphatic hydroxyl groups excluding tert-OH is 1. The highest BCUT2D eigenvalue weighted by atomic mass is 16.7. The monoisotopic (exact) mass is 256 g/mol. The van der Waals surface area contributed by atoms with Crippen LogP contribution in [-0.2, 0) is 19.0 Å². The minimum atomic E-state index is -0.632. The highest BCUT2D eigenvalue weighted by Gasteiger charge is 2.58. The van der Waals surface area contributed by atoms with Crippen LogP contribution in [0.15, 0.2) is 0 Å². The van der Waals surface area contributed by atoms with Gasteiger partial charge in [0.2, 0.25) is 0 Å². The summed E-state index contributed by atoms with van der Waals surface area (Å²) in [6.45, 7) is 2.61. The van der Waals surface area contributed by atoms with E-state index in [0.717, 1.165) is 25.9 Å². The van der Waals surface area contributed by atoms with Crippen molar-refractivity contribution in [3.8, 4) is 0 Å². The summed E-state index contributed by atoms with van der Waals surface area (Å²) in [7, 11) is 0. The SMILES string of the molecule is C[C@]12C[C@@H](OC3CCCCO3)[C@H](O)[C@H]1CC(=O)O2. The molecule has 3 fully saturated rings. The molecule has 0 aromatic heterocycles. The molecule has 0 aromatic carbocycles. The minimum Gasteiger partial charge on any atom is -0.459 e. The van der Waals surface area contributed by atoms with Crippen molar-refractivity contribution in [1.82, 2.24) is 0 Å². The Morgan fingerprint density at radius 3 is 2.94 bits per heavy atom. The summed E-state index contributed by atoms with van der Waals surface area (Å²) in [5, 5.41) is 10.3. The molecule has 1 N–H and O–H groups in total. The molecule has 3 aliphatic rings. The van der Waals surface area contributed by atoms with Gasteiger partial charge in [-0.15, -0.1) is 0 Å². The van der Waals surface area contributed by atoms with Gasteiger partial charge in [0.05, 0.1) is 18.6 Å². The van der Waals surface area contributed by atoms with Gasteiger partial charge in [0, 0.05) is 18.9 Å². The molecule has 2 aliphatic heterocycles. The Labute approximate surface area is 106 Å². The van der Waals surface area contributed by atoms with E-state index in [2.05, 4.69) is 0 Å². The van der Waals surface area contributed by atoms with Crippen LogP contribution in [0.4, 0.5) is 0 Å². The quantitative estimate of drug-likeness (QED) is 0.746. The van der Waals surface area contributed by atoms with Crippen molar-refractivity contribution < 1.29 is 24.1 Å². The van der Waals surface area contributed by atoms with E-state index in [1.807, 2.05) is 6.92 Å². The molecule has 0 spiro atoms. The van der Waals surface area contributed by atoms with Gasteiger partial charge in [-0.2, -0.15) is 0 Å². The lowest BCUT2D eigenvalue weighted by Gasteiger charge is -2.28. The van der Waals surface area contributed by atoms with E-state index in [-0.39, 0.29) is 24.3 Å². The smallest absolute Gasteiger partial charge is 0.306 e. The Balaban J connectivity index is 1.64. The molecule has 3 rings (SSSR count). The Kier molecular flexibility index (Phi) is 3.08. The normalized spacial score (nSPS) is 48.0. The first-order valence-corrected chi connectivity index (χ1v) is 6.75. The molecule has 1 saturated carbocycles. The van der Waals surface area contributed by atoms with Crippen molar-refractivity contribution >= 4 is 5.97 Å². The van der Waals surface area contributed by atoms with Gasteiger partial charge in [-0.3, -0.25) is 4.79 Å². The van der Waals surface area contributed by atoms with Crippen LogP contribution >= 0.6 is 0 Å². The van der Waals surface area contributed by atoms with E-state index in [1.165, 1.54) is 0 Å². The molecule has 1 unspecified atom stereocenters. The second-order valence-corrected chi connectivity index (χ2v) is 5.76. The van der Waals surface area contributed by atoms with Crippen LogP contribution in [0.2, 0.25) is 0 Å². The Morgan fingerprint density at radius 1 is 1.44 bits per heavy atom. The fraction of sp³-hybridized carbons (Fsp3) is 0.923. The zero-order valence-electron chi connectivity index (χ0n) is 10.6. The second-order valence-electron chi connectivity index (χ2n) is 5.76. The summed E-state index contributed by atoms with van der Waals surface area (Å²) in [6, 6.07) is 0. The third-order valence-corrected chi connectivity index (χ3v) is 4.38. The van der Waals surface area contributed by atoms with Crippen LogP contribution in [0, 0.1) is 5.92 Å². The lowest BCUT2D eigenvalue weighted by molar-refractivity contribution is -0.205. The molecule has 2 heterocycles. The van der Waals surface area contributed by atoms with E-state index in [9.17, 15) is 9.90 Å². The fourth-order valence-corrected chi connectivity index (χ4v) is 3.37. The van der Waals surface area contributed by atoms with Crippen molar-refractivity contribution in [3.05, 3.63) is 0 Å². The molecule has 2 saturated heterocycles. The van der Waals surface area contributed by atoms with Gasteiger partial charge in [-0.1, -0.05) is 0 Å². The fourth-order valence-electron chi connectivity index (χ4n) is 3.37. The molecule has 0 radical (unpaired) electrons. The topological polar surface area (TPSA) is 65.0 Å². The zero-order chi connectivity index (χ0) is 12.8. The van der Waals surface area contributed by atoms with E-state index in [4.69, 9.17) is 14.2 Å². The number of ether oxygens (including phenoxy) is 3. The third kappa shape index (κ3) is 2.04. The summed E-state index contributed by atoms with van der Waals surface area (Å²) >= 11 is 0. The molecule has 5 atom stereocenters. The number of hydrogen-bond acceptors (Lipinski definition) is 5. The summed E-state index contributed by atoms with van der Waals surface area (Å²) in [5.74, 6) is -0.354. The maximum Gasteiger partial charge on any atom is 0.306 e. The molecule has 0 bridgehead atoms. The van der Waals surface area contributed by atoms with E-state index in [0.29, 0.717) is 12.8 Å². The average molecular weight is 256 g/mol. The van der Waals surface area contributed by atoms with Crippen LogP contribution in [0.3, 0.4) is 0 Å². The van der Waals surface area contributed by atoms with Crippen LogP contribution in [-0.4, -0.2) is 41.8 Å². The van der Waals surface area contributed by atoms with E-state index in [1.54, 1.807) is 0 Å². The van der Waals surface area contributed by atoms with E-state index >= 15 is 0 Å². The van der Waals surface area contributed by atoms with Gasteiger partial charge < -0.3 is 19.3 Å². The van der Waals surface area contributed by atoms with E-state index < -0.39 is 11.7 Å². The number of rotatable bonds is 2. The van der Waals surface area contributed by atoms with Crippen molar-refractivity contribution in [1.29, 1.82) is 0 Å². The lowest BCUT2D eigenvalue weighted by atomic mass is 9.92. The second kappa shape index (κ2) is 4.47. The van der Waals surface area contributed by atoms with Gasteiger partial charge >= 0.3 is 5.97 Å². The zero-order valence-corrected chi connectivity index (χ0v) is 10.6. The molecule has 18 heavy (non-hydrogen) atoms. The largest absolute Gasteiger partial charge is 0.459 e. The maximum absolute atomic E-state index is 11.3. The van der Waals surface area contributed by atoms with Crippen LogP contribution in [0.5, 0.6) is 0 Å². The standard InChI is InChI=1S/C13H20O5/c1-13-7-9(17-11-4-2-3-5-16-11)12(15)8(13)6-10(14)18-13/h8-9,11-12,15H,2-7H2,1H3/t8-,9-,11?,12-,13+/m1/s1. The number of esters is 1. The van der Waals surface area contributed by atoms with Gasteiger partial charge in [0.1, 0.15) is 5.60 Å². The van der Waals surface area contributed by atoms with Crippen molar-refractivity contribution in [2.75, 3.05) is 6.61 Å². The third-order valence-electron chi connectivity index (χ3n) is 4.38. The highest BCUT2D eigenvalue weighted by Crippen LogP contribution is 2.47. The summed E-state index contributed by atoms with van der Waals surface area (Å²) in [6.07, 6.45) is 2.78. The molecule has 5 heteroatoms. The molecular weight excluding hydrogens is 236 g/mol. The van der Waals surface area contributed by atoms with Gasteiger partial charge in [0.25, 0.3) is 0 Å². The van der Waals surface area contributed by atoms with Crippen molar-refractivity contribution in [2.45, 2.75) is 63.1 Å². The van der Waals surface area contributed by atoms with Crippen molar-refractivity contribution in [2.24, 2.45) is 5.92 Å². The summed E-state index contributed by atoms with van der Waals surface area (Å²) in [5.41, 5.74) is -0.560. The van der Waals surface area contributed by atoms with Gasteiger partial charge in [-0.05, 0) is 26.2 Å². The summed E-state index contributed by atoms with van der Waals surface area (Å²) < 4.78 is 16.7. The molecule has 0 aromatic rings. The van der Waals surface area contributed by atoms with Gasteiger partial charge in [-0.25, -0.2) is 0 Å². The Hall–Kier alpha value is -0.650. The molecule has 0 amide bonds. The first-order valence-electron chi connectivity index (χ1n) is 6.75. The number of carbonyl (C=O) groups excluding carboxylic acids is 1. The molecule has 5 nitrogen and oxygen atoms in total. The summed E-state index contributed by atoms with van der Waals surface area (Å²) in [4.78, 5) is 11.3. The highest BCUT2D eigenvalue weighted by molar-refractivity contribution is 5.73. The Morgan fingerprint density at radius 2 is 2.28 bits per heavy atom. The van der Waals surface area contributed by atoms with Crippen molar-refractivity contribution in [3.63, 3.8) is 0 Å². The molecular formula is C13H20O5. The number of fused-ring (bicyclic) bond motifs is 1. The molecule has 102 valence electrons. The van der Waals surface area contributed by atoms with Crippen LogP contribution < -0.4 is 0 Å². The van der Waals surface area contributed by atoms with Crippen LogP contribution in [0.1, 0.15) is 39.0 Å². The predicted octanol–water partition coefficient (Wildman–Crippen LogP) is 0.985. The number of aliphatic hydroxyl groups is 1. The predicted molar refractivity (Wildman–Crippen MR) is 61.7 cm³/mol. The number of hydrogen-bond donors (Lipinski definition) is 1. The molecule has 1 aliphatic carbocycles. The number of carbonyl (C=O) groups is 1. The first-order chi connectivity index (χ1) is 8.58. The van der Waals surface area contributed by atoms with Crippen LogP contribution in [0.25, 0.3) is 0 Å². The lowest BCUT2D eigenvalue weighted by Crippen LogP contribution is -2.34. The van der Waals surface area contributed by atoms with Gasteiger partial charge in [0.15, 0.2) is 6.29 Å². The maximum atomic E-state index is 11.3. The first kappa shape index (κ1) is 12.4.